The third-order valence-electron chi connectivity index (χ3n) is 3.80. The van der Waals surface area contributed by atoms with Gasteiger partial charge in [0.05, 0.1) is 26.4 Å². The lowest BCUT2D eigenvalue weighted by Gasteiger charge is -2.08. The van der Waals surface area contributed by atoms with E-state index in [1.807, 2.05) is 0 Å². The summed E-state index contributed by atoms with van der Waals surface area (Å²) in [4.78, 5) is 23.3. The van der Waals surface area contributed by atoms with Gasteiger partial charge in [0.2, 0.25) is 11.8 Å². The molecule has 172 valence electrons. The molecule has 0 bridgehead atoms. The molecule has 0 aliphatic carbocycles. The third kappa shape index (κ3) is 22.8. The number of carbonyl (C=O) groups is 2. The molecule has 0 saturated carbocycles. The number of nitrogens with two attached hydrogens (primary N) is 1. The van der Waals surface area contributed by atoms with Crippen molar-refractivity contribution in [3.63, 3.8) is 0 Å². The van der Waals surface area contributed by atoms with E-state index in [1.165, 1.54) is 0 Å². The molecule has 0 heterocycles. The molecule has 0 aromatic rings. The molecule has 29 heavy (non-hydrogen) atoms. The lowest BCUT2D eigenvalue weighted by atomic mass is 10.2. The molecule has 0 radical (unpaired) electrons. The molecule has 0 aliphatic heterocycles. The van der Waals surface area contributed by atoms with Crippen LogP contribution in [0.2, 0.25) is 0 Å². The number of hydrogen-bond donors (Lipinski definition) is 4. The zero-order valence-electron chi connectivity index (χ0n) is 17.8. The lowest BCUT2D eigenvalue weighted by molar-refractivity contribution is -0.122. The van der Waals surface area contributed by atoms with Crippen LogP contribution in [0.1, 0.15) is 38.5 Å². The lowest BCUT2D eigenvalue weighted by Crippen LogP contribution is -2.27. The molecule has 2 amide bonds. The minimum atomic E-state index is -0.0391. The fourth-order valence-electron chi connectivity index (χ4n) is 2.25. The minimum Gasteiger partial charge on any atom is -0.385 e. The van der Waals surface area contributed by atoms with E-state index in [1.54, 1.807) is 7.11 Å². The van der Waals surface area contributed by atoms with E-state index in [0.29, 0.717) is 78.6 Å². The number of methoxy groups -OCH3 is 1. The second kappa shape index (κ2) is 23.0. The summed E-state index contributed by atoms with van der Waals surface area (Å²) in [6.07, 6.45) is 3.66. The van der Waals surface area contributed by atoms with E-state index in [9.17, 15) is 9.59 Å². The Balaban J connectivity index is 3.24. The second-order valence-corrected chi connectivity index (χ2v) is 6.40. The van der Waals surface area contributed by atoms with Crippen molar-refractivity contribution in [2.24, 2.45) is 5.84 Å². The molecule has 0 unspecified atom stereocenters. The van der Waals surface area contributed by atoms with E-state index in [-0.39, 0.29) is 11.8 Å². The van der Waals surface area contributed by atoms with Crippen LogP contribution in [-0.4, -0.2) is 84.8 Å². The quantitative estimate of drug-likeness (QED) is 0.107. The van der Waals surface area contributed by atoms with Gasteiger partial charge >= 0.3 is 0 Å². The Morgan fingerprint density at radius 3 is 1.59 bits per heavy atom. The highest BCUT2D eigenvalue weighted by Crippen LogP contribution is 1.96. The van der Waals surface area contributed by atoms with Crippen LogP contribution in [0.25, 0.3) is 0 Å². The molecular weight excluding hydrogens is 380 g/mol. The van der Waals surface area contributed by atoms with Crippen molar-refractivity contribution in [1.29, 1.82) is 0 Å². The average Bonchev–Trinajstić information content (AvgIpc) is 2.71. The first-order valence-electron chi connectivity index (χ1n) is 10.4. The molecular formula is C19H40N4O6. The summed E-state index contributed by atoms with van der Waals surface area (Å²) < 4.78 is 21.1. The maximum absolute atomic E-state index is 11.7. The highest BCUT2D eigenvalue weighted by molar-refractivity contribution is 5.78. The average molecular weight is 421 g/mol. The van der Waals surface area contributed by atoms with Crippen molar-refractivity contribution in [3.8, 4) is 0 Å². The van der Waals surface area contributed by atoms with E-state index in [0.717, 1.165) is 25.8 Å². The summed E-state index contributed by atoms with van der Waals surface area (Å²) in [5.74, 6) is 5.08. The summed E-state index contributed by atoms with van der Waals surface area (Å²) in [5.41, 5.74) is 2.57. The molecule has 10 heteroatoms. The predicted octanol–water partition coefficient (Wildman–Crippen LogP) is -0.281. The number of hydrazine groups is 1. The van der Waals surface area contributed by atoms with Gasteiger partial charge in [-0.05, 0) is 25.7 Å². The maximum Gasteiger partial charge on any atom is 0.220 e. The van der Waals surface area contributed by atoms with Crippen LogP contribution in [-0.2, 0) is 28.5 Å². The first kappa shape index (κ1) is 27.7. The Morgan fingerprint density at radius 1 is 0.655 bits per heavy atom. The molecule has 0 aromatic heterocycles. The van der Waals surface area contributed by atoms with Gasteiger partial charge in [0, 0.05) is 59.4 Å². The van der Waals surface area contributed by atoms with Crippen molar-refractivity contribution in [2.75, 3.05) is 73.0 Å². The van der Waals surface area contributed by atoms with Crippen LogP contribution >= 0.6 is 0 Å². The number of amides is 2. The summed E-state index contributed by atoms with van der Waals surface area (Å²) in [7, 11) is 1.63. The van der Waals surface area contributed by atoms with Crippen molar-refractivity contribution in [2.45, 2.75) is 38.5 Å². The van der Waals surface area contributed by atoms with Crippen molar-refractivity contribution >= 4 is 11.8 Å². The minimum absolute atomic E-state index is 0.0278. The monoisotopic (exact) mass is 420 g/mol. The van der Waals surface area contributed by atoms with Crippen molar-refractivity contribution < 1.29 is 28.5 Å². The second-order valence-electron chi connectivity index (χ2n) is 6.40. The Morgan fingerprint density at radius 2 is 1.10 bits per heavy atom. The number of hydrogen-bond acceptors (Lipinski definition) is 8. The Hall–Kier alpha value is -1.30. The largest absolute Gasteiger partial charge is 0.385 e. The molecule has 0 saturated heterocycles. The van der Waals surface area contributed by atoms with Gasteiger partial charge in [-0.25, -0.2) is 0 Å². The standard InChI is InChI=1S/C19H40N4O6/c1-26-11-3-8-21-18(24)6-2-7-19(25)22-9-4-12-27-14-16-29-17-15-28-13-5-10-23-20/h23H,2-17,20H2,1H3,(H,21,24)(H,22,25). The Labute approximate surface area is 174 Å². The SMILES string of the molecule is COCCCNC(=O)CCCC(=O)NCCCOCCOCCOCCCNN. The van der Waals surface area contributed by atoms with E-state index >= 15 is 0 Å². The van der Waals surface area contributed by atoms with Crippen LogP contribution < -0.4 is 21.9 Å². The summed E-state index contributed by atoms with van der Waals surface area (Å²) in [6.45, 7) is 5.91. The highest BCUT2D eigenvalue weighted by Gasteiger charge is 2.04. The molecule has 10 nitrogen and oxygen atoms in total. The first-order chi connectivity index (χ1) is 14.2. The number of carbonyl (C=O) groups excluding carboxylic acids is 2. The Bertz CT molecular complexity index is 388. The van der Waals surface area contributed by atoms with Crippen LogP contribution in [0.3, 0.4) is 0 Å². The van der Waals surface area contributed by atoms with Gasteiger partial charge in [-0.15, -0.1) is 0 Å². The fourth-order valence-corrected chi connectivity index (χ4v) is 2.25. The number of ether oxygens (including phenoxy) is 4. The first-order valence-corrected chi connectivity index (χ1v) is 10.4. The highest BCUT2D eigenvalue weighted by atomic mass is 16.5. The van der Waals surface area contributed by atoms with Crippen molar-refractivity contribution in [1.82, 2.24) is 16.1 Å². The summed E-state index contributed by atoms with van der Waals surface area (Å²) in [5, 5.41) is 5.63. The molecule has 0 atom stereocenters. The third-order valence-corrected chi connectivity index (χ3v) is 3.80. The fraction of sp³-hybridized carbons (Fsp3) is 0.895. The van der Waals surface area contributed by atoms with Crippen LogP contribution in [0.15, 0.2) is 0 Å². The predicted molar refractivity (Wildman–Crippen MR) is 110 cm³/mol. The number of nitrogens with one attached hydrogen (secondary N) is 3. The van der Waals surface area contributed by atoms with Gasteiger partial charge in [-0.3, -0.25) is 20.9 Å². The zero-order valence-corrected chi connectivity index (χ0v) is 17.8. The molecule has 0 spiro atoms. The van der Waals surface area contributed by atoms with Crippen LogP contribution in [0.5, 0.6) is 0 Å². The summed E-state index contributed by atoms with van der Waals surface area (Å²) >= 11 is 0. The molecule has 0 aromatic carbocycles. The zero-order chi connectivity index (χ0) is 21.4. The van der Waals surface area contributed by atoms with Gasteiger partial charge < -0.3 is 29.6 Å². The molecule has 0 aliphatic rings. The van der Waals surface area contributed by atoms with Crippen LogP contribution in [0, 0.1) is 0 Å². The van der Waals surface area contributed by atoms with Crippen molar-refractivity contribution in [3.05, 3.63) is 0 Å². The summed E-state index contributed by atoms with van der Waals surface area (Å²) in [6, 6.07) is 0. The van der Waals surface area contributed by atoms with Gasteiger partial charge in [-0.1, -0.05) is 0 Å². The van der Waals surface area contributed by atoms with E-state index < -0.39 is 0 Å². The van der Waals surface area contributed by atoms with E-state index in [2.05, 4.69) is 16.1 Å². The smallest absolute Gasteiger partial charge is 0.220 e. The number of rotatable bonds is 22. The van der Waals surface area contributed by atoms with Crippen LogP contribution in [0.4, 0.5) is 0 Å². The maximum atomic E-state index is 11.7. The van der Waals surface area contributed by atoms with Gasteiger partial charge in [0.15, 0.2) is 0 Å². The van der Waals surface area contributed by atoms with Gasteiger partial charge in [-0.2, -0.15) is 0 Å². The normalized spacial score (nSPS) is 10.8. The topological polar surface area (TPSA) is 133 Å². The van der Waals surface area contributed by atoms with Gasteiger partial charge in [0.25, 0.3) is 0 Å². The van der Waals surface area contributed by atoms with Gasteiger partial charge in [0.1, 0.15) is 0 Å². The molecule has 5 N–H and O–H groups in total. The van der Waals surface area contributed by atoms with E-state index in [4.69, 9.17) is 24.8 Å². The Kier molecular flexibility index (Phi) is 22.0. The molecule has 0 fully saturated rings. The molecule has 0 rings (SSSR count).